The van der Waals surface area contributed by atoms with Gasteiger partial charge in [0.2, 0.25) is 0 Å². The van der Waals surface area contributed by atoms with E-state index < -0.39 is 11.2 Å². The van der Waals surface area contributed by atoms with Crippen LogP contribution in [0.2, 0.25) is 0 Å². The molecule has 3 fully saturated rings. The topological polar surface area (TPSA) is 117 Å². The smallest absolute Gasteiger partial charge is 0.149 e. The average molecular weight is 538 g/mol. The van der Waals surface area contributed by atoms with Crippen molar-refractivity contribution < 1.29 is 9.84 Å². The third-order valence-electron chi connectivity index (χ3n) is 8.36. The standard InChI is InChI=1S/C31H31N5O2S/c1-19-10-21(15-34-24-6-4-5-7-27(24)39-33)23-12-22(26(13-32)36-25(23)11-19)20-8-9-28(35-14-20)30-16-31(17-30,38-18-30)29(2,3)37/h4-12,14,34,37H,15-18,33H2,1-3H3. The molecule has 4 aromatic rings. The SMILES string of the molecule is Cc1cc(CNc2ccccc2SN)c2cc(-c3ccc(C45COC(C(C)(C)O)(C4)C5)nc3)c(C#N)nc2c1. The molecule has 7 nitrogen and oxygen atoms in total. The molecule has 0 spiro atoms. The van der Waals surface area contributed by atoms with Gasteiger partial charge in [0, 0.05) is 50.9 Å². The molecule has 3 aliphatic rings. The highest BCUT2D eigenvalue weighted by molar-refractivity contribution is 7.97. The Bertz CT molecular complexity index is 1620. The third-order valence-corrected chi connectivity index (χ3v) is 8.97. The van der Waals surface area contributed by atoms with Crippen LogP contribution in [0.5, 0.6) is 0 Å². The largest absolute Gasteiger partial charge is 0.387 e. The van der Waals surface area contributed by atoms with Crippen molar-refractivity contribution in [2.24, 2.45) is 5.14 Å². The van der Waals surface area contributed by atoms with Crippen LogP contribution in [-0.2, 0) is 16.7 Å². The number of anilines is 1. The molecule has 0 amide bonds. The molecule has 7 rings (SSSR count). The molecule has 39 heavy (non-hydrogen) atoms. The van der Waals surface area contributed by atoms with Gasteiger partial charge in [-0.15, -0.1) is 0 Å². The number of ether oxygens (including phenoxy) is 1. The molecular weight excluding hydrogens is 506 g/mol. The lowest BCUT2D eigenvalue weighted by Crippen LogP contribution is -2.59. The number of aryl methyl sites for hydroxylation is 1. The van der Waals surface area contributed by atoms with E-state index in [1.54, 1.807) is 0 Å². The van der Waals surface area contributed by atoms with Crippen molar-refractivity contribution in [2.75, 3.05) is 11.9 Å². The zero-order chi connectivity index (χ0) is 27.4. The highest BCUT2D eigenvalue weighted by Gasteiger charge is 2.69. The van der Waals surface area contributed by atoms with Crippen molar-refractivity contribution in [2.45, 2.75) is 61.7 Å². The molecule has 0 unspecified atom stereocenters. The molecule has 2 saturated heterocycles. The molecule has 2 bridgehead atoms. The fraction of sp³-hybridized carbons (Fsp3) is 0.323. The van der Waals surface area contributed by atoms with Crippen LogP contribution in [-0.4, -0.2) is 32.9 Å². The lowest BCUT2D eigenvalue weighted by atomic mass is 9.56. The minimum atomic E-state index is -0.887. The first kappa shape index (κ1) is 25.8. The van der Waals surface area contributed by atoms with Crippen molar-refractivity contribution in [3.05, 3.63) is 83.3 Å². The summed E-state index contributed by atoms with van der Waals surface area (Å²) in [5.74, 6) is 0. The highest BCUT2D eigenvalue weighted by Crippen LogP contribution is 2.62. The summed E-state index contributed by atoms with van der Waals surface area (Å²) in [6.45, 7) is 6.82. The molecule has 1 saturated carbocycles. The van der Waals surface area contributed by atoms with Gasteiger partial charge in [0.05, 0.1) is 23.3 Å². The second kappa shape index (κ2) is 9.32. The Balaban J connectivity index is 1.33. The highest BCUT2D eigenvalue weighted by atomic mass is 32.2. The molecule has 198 valence electrons. The van der Waals surface area contributed by atoms with Gasteiger partial charge in [-0.25, -0.2) is 4.98 Å². The van der Waals surface area contributed by atoms with Gasteiger partial charge in [-0.3, -0.25) is 10.1 Å². The van der Waals surface area contributed by atoms with Crippen LogP contribution in [0, 0.1) is 18.3 Å². The number of hydrogen-bond donors (Lipinski definition) is 3. The third kappa shape index (κ3) is 4.26. The van der Waals surface area contributed by atoms with E-state index in [1.165, 1.54) is 11.9 Å². The minimum absolute atomic E-state index is 0.160. The number of nitrogens with two attached hydrogens (primary N) is 1. The first-order valence-corrected chi connectivity index (χ1v) is 13.9. The zero-order valence-electron chi connectivity index (χ0n) is 22.3. The number of rotatable bonds is 7. The fourth-order valence-electron chi connectivity index (χ4n) is 6.12. The average Bonchev–Trinajstić information content (AvgIpc) is 3.50. The molecule has 2 aliphatic heterocycles. The van der Waals surface area contributed by atoms with Crippen LogP contribution < -0.4 is 10.5 Å². The summed E-state index contributed by atoms with van der Waals surface area (Å²) in [6.07, 6.45) is 3.35. The number of nitriles is 1. The van der Waals surface area contributed by atoms with Crippen molar-refractivity contribution in [1.29, 1.82) is 5.26 Å². The maximum Gasteiger partial charge on any atom is 0.149 e. The van der Waals surface area contributed by atoms with E-state index in [4.69, 9.17) is 19.8 Å². The van der Waals surface area contributed by atoms with Gasteiger partial charge < -0.3 is 15.2 Å². The van der Waals surface area contributed by atoms with E-state index in [2.05, 4.69) is 23.5 Å². The van der Waals surface area contributed by atoms with Crippen LogP contribution in [0.25, 0.3) is 22.0 Å². The van der Waals surface area contributed by atoms with Crippen LogP contribution in [0.15, 0.2) is 65.7 Å². The van der Waals surface area contributed by atoms with Crippen LogP contribution in [0.4, 0.5) is 5.69 Å². The lowest BCUT2D eigenvalue weighted by Gasteiger charge is -2.50. The van der Waals surface area contributed by atoms with Crippen molar-refractivity contribution in [3.63, 3.8) is 0 Å². The Morgan fingerprint density at radius 3 is 2.64 bits per heavy atom. The van der Waals surface area contributed by atoms with E-state index in [1.807, 2.05) is 69.4 Å². The van der Waals surface area contributed by atoms with Gasteiger partial charge >= 0.3 is 0 Å². The number of fused-ring (bicyclic) bond motifs is 2. The number of hydrogen-bond acceptors (Lipinski definition) is 8. The zero-order valence-corrected chi connectivity index (χ0v) is 23.1. The Morgan fingerprint density at radius 2 is 1.97 bits per heavy atom. The Hall–Kier alpha value is -3.48. The molecule has 4 N–H and O–H groups in total. The number of benzene rings is 2. The molecule has 4 heterocycles. The van der Waals surface area contributed by atoms with Crippen LogP contribution in [0.3, 0.4) is 0 Å². The summed E-state index contributed by atoms with van der Waals surface area (Å²) in [7, 11) is 0. The molecule has 0 radical (unpaired) electrons. The summed E-state index contributed by atoms with van der Waals surface area (Å²) < 4.78 is 6.07. The summed E-state index contributed by atoms with van der Waals surface area (Å²) in [5.41, 5.74) is 5.33. The maximum atomic E-state index is 10.6. The van der Waals surface area contributed by atoms with Crippen LogP contribution >= 0.6 is 11.9 Å². The Kier molecular flexibility index (Phi) is 6.16. The summed E-state index contributed by atoms with van der Waals surface area (Å²) in [4.78, 5) is 10.5. The number of aliphatic hydroxyl groups is 1. The Morgan fingerprint density at radius 1 is 1.18 bits per heavy atom. The number of nitrogens with zero attached hydrogens (tertiary/aromatic N) is 3. The maximum absolute atomic E-state index is 10.6. The van der Waals surface area contributed by atoms with Gasteiger partial charge in [-0.1, -0.05) is 24.3 Å². The predicted molar refractivity (Wildman–Crippen MR) is 154 cm³/mol. The van der Waals surface area contributed by atoms with Gasteiger partial charge in [0.15, 0.2) is 0 Å². The van der Waals surface area contributed by atoms with Gasteiger partial charge in [0.1, 0.15) is 11.8 Å². The monoisotopic (exact) mass is 537 g/mol. The molecule has 0 atom stereocenters. The van der Waals surface area contributed by atoms with Gasteiger partial charge in [0.25, 0.3) is 0 Å². The van der Waals surface area contributed by atoms with E-state index in [0.29, 0.717) is 18.8 Å². The van der Waals surface area contributed by atoms with E-state index in [-0.39, 0.29) is 5.41 Å². The second-order valence-electron chi connectivity index (χ2n) is 11.4. The number of nitrogens with one attached hydrogen (secondary N) is 1. The van der Waals surface area contributed by atoms with E-state index >= 15 is 0 Å². The minimum Gasteiger partial charge on any atom is -0.387 e. The quantitative estimate of drug-likeness (QED) is 0.260. The van der Waals surface area contributed by atoms with E-state index in [0.717, 1.165) is 62.3 Å². The van der Waals surface area contributed by atoms with Crippen molar-refractivity contribution >= 4 is 28.5 Å². The normalized spacial score (nSPS) is 21.9. The first-order chi connectivity index (χ1) is 18.7. The van der Waals surface area contributed by atoms with Gasteiger partial charge in [-0.2, -0.15) is 5.26 Å². The number of aromatic nitrogens is 2. The molecule has 8 heteroatoms. The first-order valence-electron chi connectivity index (χ1n) is 13.0. The Labute approximate surface area is 232 Å². The van der Waals surface area contributed by atoms with E-state index in [9.17, 15) is 10.4 Å². The molecule has 2 aromatic carbocycles. The molecule has 2 aromatic heterocycles. The molecule has 1 aliphatic carbocycles. The molecular formula is C31H31N5O2S. The van der Waals surface area contributed by atoms with Crippen molar-refractivity contribution in [3.8, 4) is 17.2 Å². The number of pyridine rings is 2. The van der Waals surface area contributed by atoms with Crippen molar-refractivity contribution in [1.82, 2.24) is 9.97 Å². The second-order valence-corrected chi connectivity index (χ2v) is 12.0. The fourth-order valence-corrected chi connectivity index (χ4v) is 6.54. The summed E-state index contributed by atoms with van der Waals surface area (Å²) >= 11 is 1.22. The number of para-hydroxylation sites is 1. The van der Waals surface area contributed by atoms with Crippen LogP contribution in [0.1, 0.15) is 49.2 Å². The van der Waals surface area contributed by atoms with Gasteiger partial charge in [-0.05, 0) is 87.0 Å². The summed E-state index contributed by atoms with van der Waals surface area (Å²) in [6, 6.07) is 20.5. The lowest BCUT2D eigenvalue weighted by molar-refractivity contribution is -0.153. The summed E-state index contributed by atoms with van der Waals surface area (Å²) in [5, 5.41) is 30.9. The predicted octanol–water partition coefficient (Wildman–Crippen LogP) is 5.63.